The van der Waals surface area contributed by atoms with Crippen LogP contribution in [-0.2, 0) is 16.0 Å². The minimum absolute atomic E-state index is 0.165. The Morgan fingerprint density at radius 3 is 2.73 bits per heavy atom. The number of guanidine groups is 1. The Labute approximate surface area is 181 Å². The quantitative estimate of drug-likeness (QED) is 0.573. The molecule has 166 valence electrons. The van der Waals surface area contributed by atoms with Gasteiger partial charge in [0.1, 0.15) is 6.10 Å². The van der Waals surface area contributed by atoms with Crippen molar-refractivity contribution in [2.45, 2.75) is 57.9 Å². The summed E-state index contributed by atoms with van der Waals surface area (Å²) >= 11 is 0. The van der Waals surface area contributed by atoms with Crippen molar-refractivity contribution in [2.24, 2.45) is 10.9 Å². The summed E-state index contributed by atoms with van der Waals surface area (Å²) in [7, 11) is 0. The first-order valence-corrected chi connectivity index (χ1v) is 11.8. The van der Waals surface area contributed by atoms with Crippen molar-refractivity contribution < 1.29 is 9.47 Å². The molecular weight excluding hydrogens is 376 g/mol. The third-order valence-corrected chi connectivity index (χ3v) is 6.63. The normalized spacial score (nSPS) is 30.7. The van der Waals surface area contributed by atoms with Crippen LogP contribution >= 0.6 is 0 Å². The molecule has 1 aromatic carbocycles. The van der Waals surface area contributed by atoms with Gasteiger partial charge in [-0.25, -0.2) is 0 Å². The van der Waals surface area contributed by atoms with Gasteiger partial charge in [-0.1, -0.05) is 30.3 Å². The lowest BCUT2D eigenvalue weighted by atomic mass is 10.1. The van der Waals surface area contributed by atoms with E-state index in [1.807, 2.05) is 0 Å². The van der Waals surface area contributed by atoms with Crippen molar-refractivity contribution in [2.75, 3.05) is 45.9 Å². The maximum atomic E-state index is 6.03. The smallest absolute Gasteiger partial charge is 0.194 e. The van der Waals surface area contributed by atoms with E-state index < -0.39 is 0 Å². The SMILES string of the molecule is CCNC(=NCC1CC(C)N(Cc2ccccc2)C1)N1CCOC(C2CCCO2)C1. The van der Waals surface area contributed by atoms with E-state index in [4.69, 9.17) is 14.5 Å². The summed E-state index contributed by atoms with van der Waals surface area (Å²) < 4.78 is 11.9. The average molecular weight is 415 g/mol. The summed E-state index contributed by atoms with van der Waals surface area (Å²) in [4.78, 5) is 10.0. The van der Waals surface area contributed by atoms with Crippen LogP contribution in [0.15, 0.2) is 35.3 Å². The van der Waals surface area contributed by atoms with Gasteiger partial charge in [0.05, 0.1) is 12.7 Å². The van der Waals surface area contributed by atoms with Gasteiger partial charge >= 0.3 is 0 Å². The number of ether oxygens (including phenoxy) is 2. The predicted molar refractivity (Wildman–Crippen MR) is 121 cm³/mol. The Hall–Kier alpha value is -1.63. The second-order valence-electron chi connectivity index (χ2n) is 8.97. The van der Waals surface area contributed by atoms with Crippen LogP contribution in [0.25, 0.3) is 0 Å². The minimum Gasteiger partial charge on any atom is -0.375 e. The van der Waals surface area contributed by atoms with Crippen molar-refractivity contribution >= 4 is 5.96 Å². The van der Waals surface area contributed by atoms with E-state index in [2.05, 4.69) is 59.3 Å². The molecule has 3 fully saturated rings. The van der Waals surface area contributed by atoms with Gasteiger partial charge in [-0.05, 0) is 44.6 Å². The highest BCUT2D eigenvalue weighted by atomic mass is 16.5. The highest BCUT2D eigenvalue weighted by molar-refractivity contribution is 5.80. The molecule has 0 radical (unpaired) electrons. The third-order valence-electron chi connectivity index (χ3n) is 6.63. The number of likely N-dealkylation sites (tertiary alicyclic amines) is 1. The number of hydrogen-bond donors (Lipinski definition) is 1. The van der Waals surface area contributed by atoms with Gasteiger partial charge in [0.15, 0.2) is 5.96 Å². The van der Waals surface area contributed by atoms with Gasteiger partial charge in [-0.2, -0.15) is 0 Å². The van der Waals surface area contributed by atoms with Crippen LogP contribution in [0.4, 0.5) is 0 Å². The molecule has 0 amide bonds. The van der Waals surface area contributed by atoms with Gasteiger partial charge < -0.3 is 19.7 Å². The molecule has 4 rings (SSSR count). The Morgan fingerprint density at radius 1 is 1.13 bits per heavy atom. The van der Waals surface area contributed by atoms with Gasteiger partial charge in [-0.3, -0.25) is 9.89 Å². The van der Waals surface area contributed by atoms with E-state index in [1.165, 1.54) is 12.0 Å². The van der Waals surface area contributed by atoms with Crippen molar-refractivity contribution in [1.29, 1.82) is 0 Å². The number of nitrogens with zero attached hydrogens (tertiary/aromatic N) is 3. The van der Waals surface area contributed by atoms with E-state index in [0.717, 1.165) is 71.3 Å². The number of benzene rings is 1. The minimum atomic E-state index is 0.165. The van der Waals surface area contributed by atoms with Crippen LogP contribution in [0.3, 0.4) is 0 Å². The van der Waals surface area contributed by atoms with Gasteiger partial charge in [0, 0.05) is 51.9 Å². The fraction of sp³-hybridized carbons (Fsp3) is 0.708. The van der Waals surface area contributed by atoms with Crippen LogP contribution in [0, 0.1) is 5.92 Å². The lowest BCUT2D eigenvalue weighted by Crippen LogP contribution is -2.53. The van der Waals surface area contributed by atoms with Crippen LogP contribution < -0.4 is 5.32 Å². The summed E-state index contributed by atoms with van der Waals surface area (Å²) in [6.07, 6.45) is 3.90. The van der Waals surface area contributed by atoms with Crippen molar-refractivity contribution in [3.63, 3.8) is 0 Å². The predicted octanol–water partition coefficient (Wildman–Crippen LogP) is 2.74. The van der Waals surface area contributed by atoms with Gasteiger partial charge in [0.2, 0.25) is 0 Å². The first kappa shape index (κ1) is 21.6. The van der Waals surface area contributed by atoms with Crippen molar-refractivity contribution in [3.05, 3.63) is 35.9 Å². The number of nitrogens with one attached hydrogen (secondary N) is 1. The molecule has 0 aromatic heterocycles. The third kappa shape index (κ3) is 5.54. The molecule has 4 unspecified atom stereocenters. The number of morpholine rings is 1. The van der Waals surface area contributed by atoms with E-state index in [1.54, 1.807) is 0 Å². The van der Waals surface area contributed by atoms with Gasteiger partial charge in [0.25, 0.3) is 0 Å². The van der Waals surface area contributed by atoms with E-state index >= 15 is 0 Å². The fourth-order valence-corrected chi connectivity index (χ4v) is 5.02. The van der Waals surface area contributed by atoms with Crippen LogP contribution in [0.5, 0.6) is 0 Å². The monoisotopic (exact) mass is 414 g/mol. The average Bonchev–Trinajstić information content (AvgIpc) is 3.42. The zero-order chi connectivity index (χ0) is 20.8. The molecule has 0 bridgehead atoms. The maximum Gasteiger partial charge on any atom is 0.194 e. The molecule has 4 atom stereocenters. The van der Waals surface area contributed by atoms with Crippen molar-refractivity contribution in [3.8, 4) is 0 Å². The second-order valence-corrected chi connectivity index (χ2v) is 8.97. The van der Waals surface area contributed by atoms with E-state index in [-0.39, 0.29) is 12.2 Å². The molecule has 0 spiro atoms. The molecule has 3 aliphatic rings. The molecular formula is C24H38N4O2. The molecule has 6 heteroatoms. The topological polar surface area (TPSA) is 49.3 Å². The fourth-order valence-electron chi connectivity index (χ4n) is 5.02. The molecule has 0 aliphatic carbocycles. The summed E-state index contributed by atoms with van der Waals surface area (Å²) in [5.74, 6) is 1.66. The second kappa shape index (κ2) is 10.6. The molecule has 0 saturated carbocycles. The summed E-state index contributed by atoms with van der Waals surface area (Å²) in [6.45, 7) is 11.8. The zero-order valence-electron chi connectivity index (χ0n) is 18.6. The Balaban J connectivity index is 1.33. The first-order chi connectivity index (χ1) is 14.7. The Morgan fingerprint density at radius 2 is 1.97 bits per heavy atom. The molecule has 3 aliphatic heterocycles. The van der Waals surface area contributed by atoms with E-state index in [0.29, 0.717) is 12.0 Å². The lowest BCUT2D eigenvalue weighted by Gasteiger charge is -2.37. The van der Waals surface area contributed by atoms with Crippen LogP contribution in [-0.4, -0.2) is 79.9 Å². The number of hydrogen-bond acceptors (Lipinski definition) is 4. The molecule has 1 aromatic rings. The largest absolute Gasteiger partial charge is 0.375 e. The summed E-state index contributed by atoms with van der Waals surface area (Å²) in [5, 5.41) is 3.52. The molecule has 1 N–H and O–H groups in total. The highest BCUT2D eigenvalue weighted by Gasteiger charge is 2.33. The summed E-state index contributed by atoms with van der Waals surface area (Å²) in [6, 6.07) is 11.4. The summed E-state index contributed by atoms with van der Waals surface area (Å²) in [5.41, 5.74) is 1.40. The zero-order valence-corrected chi connectivity index (χ0v) is 18.6. The highest BCUT2D eigenvalue weighted by Crippen LogP contribution is 2.25. The lowest BCUT2D eigenvalue weighted by molar-refractivity contribution is -0.0817. The van der Waals surface area contributed by atoms with E-state index in [9.17, 15) is 0 Å². The standard InChI is InChI=1S/C24H38N4O2/c1-3-25-24(27-11-13-30-23(18-27)22-10-7-12-29-22)26-15-21-14-19(2)28(17-21)16-20-8-5-4-6-9-20/h4-6,8-9,19,21-23H,3,7,10-18H2,1-2H3,(H,25,26). The maximum absolute atomic E-state index is 6.03. The molecule has 6 nitrogen and oxygen atoms in total. The number of aliphatic imine (C=N–C) groups is 1. The molecule has 3 saturated heterocycles. The number of rotatable bonds is 6. The Kier molecular flexibility index (Phi) is 7.63. The molecule has 3 heterocycles. The Bertz CT molecular complexity index is 677. The van der Waals surface area contributed by atoms with Crippen molar-refractivity contribution in [1.82, 2.24) is 15.1 Å². The molecule has 30 heavy (non-hydrogen) atoms. The van der Waals surface area contributed by atoms with Crippen LogP contribution in [0.2, 0.25) is 0 Å². The first-order valence-electron chi connectivity index (χ1n) is 11.8. The van der Waals surface area contributed by atoms with Crippen LogP contribution in [0.1, 0.15) is 38.7 Å². The van der Waals surface area contributed by atoms with Gasteiger partial charge in [-0.15, -0.1) is 0 Å².